The summed E-state index contributed by atoms with van der Waals surface area (Å²) in [6.45, 7) is 4.05. The Hall–Kier alpha value is -2.11. The van der Waals surface area contributed by atoms with Crippen molar-refractivity contribution in [3.63, 3.8) is 0 Å². The van der Waals surface area contributed by atoms with Crippen LogP contribution >= 0.6 is 11.6 Å². The third-order valence-electron chi connectivity index (χ3n) is 5.09. The molecule has 2 aromatic rings. The van der Waals surface area contributed by atoms with Crippen molar-refractivity contribution in [1.29, 1.82) is 0 Å². The van der Waals surface area contributed by atoms with Gasteiger partial charge in [-0.05, 0) is 49.2 Å². The lowest BCUT2D eigenvalue weighted by atomic mass is 9.84. The standard InChI is InChI=1S/C21H23ClFNO3/c1-14(25)13-21(17-5-9-19(23)10-6-17)11-12-24(20(26)27-21)15(2)16-3-7-18(22)8-4-16/h3-10,14-15,25H,11-13H2,1-2H3/t14-,15?,21-/m0/s1. The van der Waals surface area contributed by atoms with Crippen LogP contribution in [0.3, 0.4) is 0 Å². The van der Waals surface area contributed by atoms with Gasteiger partial charge < -0.3 is 14.7 Å². The maximum absolute atomic E-state index is 13.3. The molecule has 1 N–H and O–H groups in total. The van der Waals surface area contributed by atoms with Gasteiger partial charge >= 0.3 is 6.09 Å². The van der Waals surface area contributed by atoms with Crippen molar-refractivity contribution in [3.8, 4) is 0 Å². The van der Waals surface area contributed by atoms with Gasteiger partial charge in [-0.1, -0.05) is 35.9 Å². The number of benzene rings is 2. The van der Waals surface area contributed by atoms with E-state index in [1.54, 1.807) is 36.1 Å². The van der Waals surface area contributed by atoms with Crippen LogP contribution in [0, 0.1) is 5.82 Å². The first kappa shape index (κ1) is 19.6. The van der Waals surface area contributed by atoms with E-state index in [2.05, 4.69) is 0 Å². The minimum absolute atomic E-state index is 0.174. The van der Waals surface area contributed by atoms with E-state index in [0.717, 1.165) is 5.56 Å². The fraction of sp³-hybridized carbons (Fsp3) is 0.381. The predicted octanol–water partition coefficient (Wildman–Crippen LogP) is 5.05. The van der Waals surface area contributed by atoms with Gasteiger partial charge in [-0.25, -0.2) is 9.18 Å². The van der Waals surface area contributed by atoms with Gasteiger partial charge in [0.2, 0.25) is 0 Å². The smallest absolute Gasteiger partial charge is 0.411 e. The number of ether oxygens (including phenoxy) is 1. The highest BCUT2D eigenvalue weighted by Crippen LogP contribution is 2.40. The van der Waals surface area contributed by atoms with Gasteiger partial charge in [-0.3, -0.25) is 0 Å². The molecule has 3 atom stereocenters. The molecule has 1 amide bonds. The van der Waals surface area contributed by atoms with Crippen LogP contribution in [0.1, 0.15) is 43.9 Å². The molecule has 0 spiro atoms. The highest BCUT2D eigenvalue weighted by molar-refractivity contribution is 6.30. The monoisotopic (exact) mass is 391 g/mol. The molecule has 2 aromatic carbocycles. The van der Waals surface area contributed by atoms with Crippen molar-refractivity contribution in [3.05, 3.63) is 70.5 Å². The number of rotatable bonds is 5. The topological polar surface area (TPSA) is 49.8 Å². The van der Waals surface area contributed by atoms with Crippen LogP contribution in [-0.2, 0) is 10.3 Å². The van der Waals surface area contributed by atoms with Crippen molar-refractivity contribution in [2.75, 3.05) is 6.54 Å². The fourth-order valence-electron chi connectivity index (χ4n) is 3.64. The predicted molar refractivity (Wildman–Crippen MR) is 102 cm³/mol. The van der Waals surface area contributed by atoms with Crippen molar-refractivity contribution < 1.29 is 19.0 Å². The van der Waals surface area contributed by atoms with Crippen molar-refractivity contribution in [2.45, 2.75) is 44.4 Å². The molecule has 0 saturated carbocycles. The van der Waals surface area contributed by atoms with Crippen molar-refractivity contribution in [1.82, 2.24) is 4.90 Å². The van der Waals surface area contributed by atoms with E-state index in [4.69, 9.17) is 16.3 Å². The molecule has 1 aliphatic rings. The first-order valence-electron chi connectivity index (χ1n) is 9.00. The number of hydrogen-bond acceptors (Lipinski definition) is 3. The number of halogens is 2. The summed E-state index contributed by atoms with van der Waals surface area (Å²) in [5.41, 5.74) is 0.688. The summed E-state index contributed by atoms with van der Waals surface area (Å²) in [5.74, 6) is -0.355. The van der Waals surface area contributed by atoms with Crippen LogP contribution in [-0.4, -0.2) is 28.7 Å². The zero-order chi connectivity index (χ0) is 19.6. The van der Waals surface area contributed by atoms with Crippen LogP contribution in [0.2, 0.25) is 5.02 Å². The fourth-order valence-corrected chi connectivity index (χ4v) is 3.76. The summed E-state index contributed by atoms with van der Waals surface area (Å²) in [6.07, 6.45) is -0.349. The van der Waals surface area contributed by atoms with E-state index in [0.29, 0.717) is 23.6 Å². The number of aliphatic hydroxyl groups is 1. The molecule has 0 aliphatic carbocycles. The number of hydrogen-bond donors (Lipinski definition) is 1. The molecule has 0 bridgehead atoms. The molecular weight excluding hydrogens is 369 g/mol. The van der Waals surface area contributed by atoms with Gasteiger partial charge in [0.05, 0.1) is 12.1 Å². The molecule has 1 unspecified atom stereocenters. The van der Waals surface area contributed by atoms with E-state index in [-0.39, 0.29) is 18.3 Å². The SMILES string of the molecule is CC(c1ccc(Cl)cc1)N1CC[C@](C[C@H](C)O)(c2ccc(F)cc2)OC1=O. The van der Waals surface area contributed by atoms with Crippen LogP contribution in [0.5, 0.6) is 0 Å². The number of carbonyl (C=O) groups is 1. The average Bonchev–Trinajstić information content (AvgIpc) is 2.62. The molecule has 1 aliphatic heterocycles. The van der Waals surface area contributed by atoms with E-state index in [9.17, 15) is 14.3 Å². The van der Waals surface area contributed by atoms with Crippen LogP contribution in [0.4, 0.5) is 9.18 Å². The lowest BCUT2D eigenvalue weighted by molar-refractivity contribution is -0.0815. The number of aliphatic hydroxyl groups excluding tert-OH is 1. The molecule has 1 saturated heterocycles. The van der Waals surface area contributed by atoms with E-state index in [1.165, 1.54) is 12.1 Å². The minimum Gasteiger partial charge on any atom is -0.438 e. The van der Waals surface area contributed by atoms with Gasteiger partial charge in [-0.2, -0.15) is 0 Å². The second-order valence-corrected chi connectivity index (χ2v) is 7.53. The number of nitrogens with zero attached hydrogens (tertiary/aromatic N) is 1. The van der Waals surface area contributed by atoms with E-state index >= 15 is 0 Å². The molecule has 6 heteroatoms. The lowest BCUT2D eigenvalue weighted by Crippen LogP contribution is -2.49. The van der Waals surface area contributed by atoms with Gasteiger partial charge in [0, 0.05) is 24.4 Å². The summed E-state index contributed by atoms with van der Waals surface area (Å²) in [7, 11) is 0. The van der Waals surface area contributed by atoms with Gasteiger partial charge in [-0.15, -0.1) is 0 Å². The summed E-state index contributed by atoms with van der Waals surface area (Å²) >= 11 is 5.94. The molecular formula is C21H23ClFNO3. The minimum atomic E-state index is -0.963. The molecule has 3 rings (SSSR count). The number of cyclic esters (lactones) is 1. The number of carbonyl (C=O) groups excluding carboxylic acids is 1. The maximum Gasteiger partial charge on any atom is 0.411 e. The van der Waals surface area contributed by atoms with Gasteiger partial charge in [0.25, 0.3) is 0 Å². The van der Waals surface area contributed by atoms with Crippen LogP contribution < -0.4 is 0 Å². The second kappa shape index (κ2) is 7.87. The first-order chi connectivity index (χ1) is 12.8. The molecule has 0 radical (unpaired) electrons. The highest BCUT2D eigenvalue weighted by Gasteiger charge is 2.44. The summed E-state index contributed by atoms with van der Waals surface area (Å²) in [6, 6.07) is 13.1. The Labute approximate surface area is 163 Å². The van der Waals surface area contributed by atoms with E-state index < -0.39 is 17.8 Å². The zero-order valence-corrected chi connectivity index (χ0v) is 16.1. The Kier molecular flexibility index (Phi) is 5.72. The van der Waals surface area contributed by atoms with Crippen molar-refractivity contribution in [2.24, 2.45) is 0 Å². The third-order valence-corrected chi connectivity index (χ3v) is 5.34. The van der Waals surface area contributed by atoms with E-state index in [1.807, 2.05) is 19.1 Å². The Morgan fingerprint density at radius 3 is 2.37 bits per heavy atom. The molecule has 1 heterocycles. The lowest BCUT2D eigenvalue weighted by Gasteiger charge is -2.44. The summed E-state index contributed by atoms with van der Waals surface area (Å²) < 4.78 is 19.2. The second-order valence-electron chi connectivity index (χ2n) is 7.09. The van der Waals surface area contributed by atoms with Gasteiger partial charge in [0.15, 0.2) is 0 Å². The van der Waals surface area contributed by atoms with Gasteiger partial charge in [0.1, 0.15) is 11.4 Å². The first-order valence-corrected chi connectivity index (χ1v) is 9.38. The molecule has 4 nitrogen and oxygen atoms in total. The molecule has 0 aromatic heterocycles. The maximum atomic E-state index is 13.3. The Bertz CT molecular complexity index is 794. The average molecular weight is 392 g/mol. The van der Waals surface area contributed by atoms with Crippen molar-refractivity contribution >= 4 is 17.7 Å². The Balaban J connectivity index is 1.84. The Morgan fingerprint density at radius 1 is 1.19 bits per heavy atom. The normalized spacial score (nSPS) is 22.3. The van der Waals surface area contributed by atoms with Crippen LogP contribution in [0.15, 0.2) is 48.5 Å². The van der Waals surface area contributed by atoms with Crippen LogP contribution in [0.25, 0.3) is 0 Å². The summed E-state index contributed by atoms with van der Waals surface area (Å²) in [4.78, 5) is 14.5. The largest absolute Gasteiger partial charge is 0.438 e. The molecule has 1 fully saturated rings. The number of amides is 1. The molecule has 144 valence electrons. The summed E-state index contributed by atoms with van der Waals surface area (Å²) in [5, 5.41) is 10.6. The Morgan fingerprint density at radius 2 is 1.81 bits per heavy atom. The third kappa shape index (κ3) is 4.25. The zero-order valence-electron chi connectivity index (χ0n) is 15.4. The quantitative estimate of drug-likeness (QED) is 0.776. The molecule has 27 heavy (non-hydrogen) atoms. The highest BCUT2D eigenvalue weighted by atomic mass is 35.5.